The average molecular weight is 281 g/mol. The molecule has 0 saturated carbocycles. The first-order valence-electron chi connectivity index (χ1n) is 5.61. The smallest absolute Gasteiger partial charge is 0.323 e. The van der Waals surface area contributed by atoms with Crippen LogP contribution in [0, 0.1) is 0 Å². The minimum absolute atomic E-state index is 0.117. The maximum absolute atomic E-state index is 11.0. The second-order valence-electron chi connectivity index (χ2n) is 4.03. The van der Waals surface area contributed by atoms with E-state index in [2.05, 4.69) is 10.1 Å². The molecule has 19 heavy (non-hydrogen) atoms. The number of nitrogens with zero attached hydrogens (tertiary/aromatic N) is 4. The van der Waals surface area contributed by atoms with E-state index in [9.17, 15) is 4.79 Å². The molecule has 0 aliphatic carbocycles. The quantitative estimate of drug-likeness (QED) is 0.900. The molecule has 0 amide bonds. The molecule has 7 heteroatoms. The summed E-state index contributed by atoms with van der Waals surface area (Å²) in [6.45, 7) is 0.249. The van der Waals surface area contributed by atoms with Gasteiger partial charge < -0.3 is 10.0 Å². The Morgan fingerprint density at radius 1 is 1.42 bits per heavy atom. The molecule has 0 aliphatic rings. The Balaban J connectivity index is 2.23. The van der Waals surface area contributed by atoms with Gasteiger partial charge in [0, 0.05) is 17.8 Å². The highest BCUT2D eigenvalue weighted by molar-refractivity contribution is 6.30. The number of halogens is 1. The van der Waals surface area contributed by atoms with Crippen molar-refractivity contribution < 1.29 is 9.90 Å². The zero-order valence-electron chi connectivity index (χ0n) is 10.3. The molecule has 0 saturated heterocycles. The number of aromatic nitrogens is 3. The Hall–Kier alpha value is -2.08. The summed E-state index contributed by atoms with van der Waals surface area (Å²) in [6.07, 6.45) is 1.44. The van der Waals surface area contributed by atoms with Crippen LogP contribution >= 0.6 is 11.6 Å². The molecule has 1 aromatic carbocycles. The van der Waals surface area contributed by atoms with Crippen LogP contribution in [0.4, 0.5) is 5.69 Å². The number of carboxylic acid groups (broad SMARTS) is 1. The lowest BCUT2D eigenvalue weighted by Crippen LogP contribution is -2.30. The summed E-state index contributed by atoms with van der Waals surface area (Å²) in [4.78, 5) is 16.7. The van der Waals surface area contributed by atoms with E-state index in [0.29, 0.717) is 17.4 Å². The summed E-state index contributed by atoms with van der Waals surface area (Å²) in [5, 5.41) is 13.6. The van der Waals surface area contributed by atoms with Crippen molar-refractivity contribution in [2.75, 3.05) is 11.4 Å². The van der Waals surface area contributed by atoms with Gasteiger partial charge in [-0.1, -0.05) is 11.6 Å². The topological polar surface area (TPSA) is 71.2 Å². The predicted octanol–water partition coefficient (Wildman–Crippen LogP) is 1.56. The average Bonchev–Trinajstić information content (AvgIpc) is 2.75. The summed E-state index contributed by atoms with van der Waals surface area (Å²) >= 11 is 5.83. The molecule has 100 valence electrons. The van der Waals surface area contributed by atoms with Gasteiger partial charge in [0.25, 0.3) is 0 Å². The molecule has 0 fully saturated rings. The minimum Gasteiger partial charge on any atom is -0.480 e. The normalized spacial score (nSPS) is 10.4. The van der Waals surface area contributed by atoms with Crippen LogP contribution in [0.2, 0.25) is 5.02 Å². The lowest BCUT2D eigenvalue weighted by molar-refractivity contribution is -0.135. The van der Waals surface area contributed by atoms with Gasteiger partial charge in [0.15, 0.2) is 0 Å². The Morgan fingerprint density at radius 2 is 2.11 bits per heavy atom. The summed E-state index contributed by atoms with van der Waals surface area (Å²) in [7, 11) is 1.77. The van der Waals surface area contributed by atoms with E-state index in [1.54, 1.807) is 40.9 Å². The first-order valence-corrected chi connectivity index (χ1v) is 5.99. The molecule has 0 unspecified atom stereocenters. The fourth-order valence-corrected chi connectivity index (χ4v) is 1.81. The highest BCUT2D eigenvalue weighted by Gasteiger charge is 2.14. The zero-order chi connectivity index (χ0) is 13.8. The summed E-state index contributed by atoms with van der Waals surface area (Å²) in [6, 6.07) is 7.01. The molecule has 1 aromatic heterocycles. The molecule has 0 atom stereocenters. The second-order valence-corrected chi connectivity index (χ2v) is 4.46. The Bertz CT molecular complexity index is 567. The van der Waals surface area contributed by atoms with Crippen LogP contribution in [0.1, 0.15) is 5.82 Å². The molecule has 2 aromatic rings. The van der Waals surface area contributed by atoms with Crippen LogP contribution in [0.5, 0.6) is 0 Å². The SMILES string of the molecule is Cn1ncnc1CN(CC(=O)O)c1ccc(Cl)cc1. The molecule has 0 aliphatic heterocycles. The van der Waals surface area contributed by atoms with E-state index < -0.39 is 5.97 Å². The van der Waals surface area contributed by atoms with Crippen LogP contribution in [0.15, 0.2) is 30.6 Å². The Morgan fingerprint density at radius 3 is 2.63 bits per heavy atom. The highest BCUT2D eigenvalue weighted by Crippen LogP contribution is 2.19. The van der Waals surface area contributed by atoms with Gasteiger partial charge >= 0.3 is 5.97 Å². The number of hydrogen-bond acceptors (Lipinski definition) is 4. The van der Waals surface area contributed by atoms with Crippen molar-refractivity contribution in [3.05, 3.63) is 41.4 Å². The number of rotatable bonds is 5. The maximum Gasteiger partial charge on any atom is 0.323 e. The predicted molar refractivity (Wildman–Crippen MR) is 71.1 cm³/mol. The molecular weight excluding hydrogens is 268 g/mol. The molecule has 1 heterocycles. The van der Waals surface area contributed by atoms with Crippen molar-refractivity contribution in [3.63, 3.8) is 0 Å². The van der Waals surface area contributed by atoms with E-state index in [0.717, 1.165) is 5.69 Å². The van der Waals surface area contributed by atoms with Crippen LogP contribution in [-0.4, -0.2) is 32.4 Å². The molecule has 0 radical (unpaired) electrons. The van der Waals surface area contributed by atoms with E-state index in [4.69, 9.17) is 16.7 Å². The van der Waals surface area contributed by atoms with Gasteiger partial charge in [-0.2, -0.15) is 5.10 Å². The fourth-order valence-electron chi connectivity index (χ4n) is 1.69. The summed E-state index contributed by atoms with van der Waals surface area (Å²) in [5.74, 6) is -0.215. The van der Waals surface area contributed by atoms with E-state index >= 15 is 0 Å². The van der Waals surface area contributed by atoms with Crippen molar-refractivity contribution in [1.29, 1.82) is 0 Å². The minimum atomic E-state index is -0.905. The molecule has 0 spiro atoms. The van der Waals surface area contributed by atoms with Gasteiger partial charge in [-0.15, -0.1) is 0 Å². The second kappa shape index (κ2) is 5.71. The van der Waals surface area contributed by atoms with Crippen LogP contribution in [0.25, 0.3) is 0 Å². The number of carbonyl (C=O) groups is 1. The third kappa shape index (κ3) is 3.45. The third-order valence-electron chi connectivity index (χ3n) is 2.66. The fraction of sp³-hybridized carbons (Fsp3) is 0.250. The number of benzene rings is 1. The zero-order valence-corrected chi connectivity index (χ0v) is 11.1. The van der Waals surface area contributed by atoms with Gasteiger partial charge in [-0.25, -0.2) is 4.98 Å². The van der Waals surface area contributed by atoms with Gasteiger partial charge in [-0.3, -0.25) is 9.48 Å². The lowest BCUT2D eigenvalue weighted by atomic mass is 10.3. The molecule has 1 N–H and O–H groups in total. The first-order chi connectivity index (χ1) is 9.06. The maximum atomic E-state index is 11.0. The molecule has 2 rings (SSSR count). The van der Waals surface area contributed by atoms with Crippen LogP contribution in [-0.2, 0) is 18.4 Å². The summed E-state index contributed by atoms with van der Waals surface area (Å²) in [5.41, 5.74) is 0.773. The Labute approximate surface area is 115 Å². The standard InChI is InChI=1S/C12H13ClN4O2/c1-16-11(14-8-15-16)6-17(7-12(18)19)10-4-2-9(13)3-5-10/h2-5,8H,6-7H2,1H3,(H,18,19). The van der Waals surface area contributed by atoms with Crippen molar-refractivity contribution in [3.8, 4) is 0 Å². The number of aliphatic carboxylic acids is 1. The van der Waals surface area contributed by atoms with Gasteiger partial charge in [0.05, 0.1) is 6.54 Å². The van der Waals surface area contributed by atoms with Crippen molar-refractivity contribution in [1.82, 2.24) is 14.8 Å². The van der Waals surface area contributed by atoms with Crippen molar-refractivity contribution in [2.45, 2.75) is 6.54 Å². The van der Waals surface area contributed by atoms with Gasteiger partial charge in [0.1, 0.15) is 18.7 Å². The molecule has 0 bridgehead atoms. The molecular formula is C12H13ClN4O2. The number of aryl methyl sites for hydroxylation is 1. The van der Waals surface area contributed by atoms with E-state index in [-0.39, 0.29) is 6.54 Å². The molecule has 6 nitrogen and oxygen atoms in total. The van der Waals surface area contributed by atoms with Crippen LogP contribution < -0.4 is 4.90 Å². The number of anilines is 1. The largest absolute Gasteiger partial charge is 0.480 e. The highest BCUT2D eigenvalue weighted by atomic mass is 35.5. The van der Waals surface area contributed by atoms with E-state index in [1.807, 2.05) is 0 Å². The van der Waals surface area contributed by atoms with Crippen LogP contribution in [0.3, 0.4) is 0 Å². The number of hydrogen-bond donors (Lipinski definition) is 1. The van der Waals surface area contributed by atoms with Crippen molar-refractivity contribution >= 4 is 23.3 Å². The van der Waals surface area contributed by atoms with E-state index in [1.165, 1.54) is 6.33 Å². The number of carboxylic acids is 1. The van der Waals surface area contributed by atoms with Crippen molar-refractivity contribution in [2.24, 2.45) is 7.05 Å². The van der Waals surface area contributed by atoms with Gasteiger partial charge in [-0.05, 0) is 24.3 Å². The van der Waals surface area contributed by atoms with Gasteiger partial charge in [0.2, 0.25) is 0 Å². The summed E-state index contributed by atoms with van der Waals surface area (Å²) < 4.78 is 1.62. The monoisotopic (exact) mass is 280 g/mol. The first kappa shape index (κ1) is 13.4. The third-order valence-corrected chi connectivity index (χ3v) is 2.91. The lowest BCUT2D eigenvalue weighted by Gasteiger charge is -2.22. The Kier molecular flexibility index (Phi) is 4.01.